The number of carbonyl (C=O) groups excluding carboxylic acids is 1. The summed E-state index contributed by atoms with van der Waals surface area (Å²) in [6, 6.07) is 13.1. The van der Waals surface area contributed by atoms with Crippen molar-refractivity contribution in [3.05, 3.63) is 64.7 Å². The summed E-state index contributed by atoms with van der Waals surface area (Å²) in [5, 5.41) is 15.6. The van der Waals surface area contributed by atoms with Crippen molar-refractivity contribution in [2.75, 3.05) is 10.8 Å². The minimum atomic E-state index is -4.39. The van der Waals surface area contributed by atoms with Crippen LogP contribution in [0.25, 0.3) is 0 Å². The van der Waals surface area contributed by atoms with E-state index in [9.17, 15) is 23.3 Å². The van der Waals surface area contributed by atoms with Gasteiger partial charge < -0.3 is 0 Å². The molecule has 0 atom stereocenters. The highest BCUT2D eigenvalue weighted by Crippen LogP contribution is 2.29. The molecule has 1 saturated carbocycles. The lowest BCUT2D eigenvalue weighted by molar-refractivity contribution is -0.387. The van der Waals surface area contributed by atoms with E-state index >= 15 is 0 Å². The Hall–Kier alpha value is -3.27. The molecule has 0 unspecified atom stereocenters. The monoisotopic (exact) mass is 444 g/mol. The van der Waals surface area contributed by atoms with Crippen molar-refractivity contribution in [1.29, 1.82) is 0 Å². The van der Waals surface area contributed by atoms with Crippen molar-refractivity contribution < 1.29 is 18.1 Å². The number of nitrogens with one attached hydrogen (secondary N) is 1. The van der Waals surface area contributed by atoms with Gasteiger partial charge in [-0.05, 0) is 43.9 Å². The average Bonchev–Trinajstić information content (AvgIpc) is 3.05. The van der Waals surface area contributed by atoms with Crippen LogP contribution in [0.1, 0.15) is 38.5 Å². The van der Waals surface area contributed by atoms with E-state index in [1.54, 1.807) is 18.2 Å². The van der Waals surface area contributed by atoms with Crippen molar-refractivity contribution in [2.24, 2.45) is 5.10 Å². The molecule has 0 radical (unpaired) electrons. The summed E-state index contributed by atoms with van der Waals surface area (Å²) in [7, 11) is -4.39. The third-order valence-corrected chi connectivity index (χ3v) is 6.80. The van der Waals surface area contributed by atoms with Crippen molar-refractivity contribution in [1.82, 2.24) is 5.43 Å². The first-order chi connectivity index (χ1) is 14.9. The zero-order chi connectivity index (χ0) is 22.3. The lowest BCUT2D eigenvalue weighted by atomic mass is 10.2. The molecule has 0 bridgehead atoms. The Morgan fingerprint density at radius 3 is 2.26 bits per heavy atom. The molecule has 0 aliphatic heterocycles. The second kappa shape index (κ2) is 10.2. The second-order valence-corrected chi connectivity index (χ2v) is 9.03. The molecule has 0 aromatic heterocycles. The van der Waals surface area contributed by atoms with Crippen molar-refractivity contribution in [3.63, 3.8) is 0 Å². The molecular weight excluding hydrogens is 420 g/mol. The maximum atomic E-state index is 13.4. The number of benzene rings is 2. The summed E-state index contributed by atoms with van der Waals surface area (Å²) in [5.74, 6) is -0.622. The van der Waals surface area contributed by atoms with Gasteiger partial charge in [0.15, 0.2) is 4.90 Å². The third-order valence-electron chi connectivity index (χ3n) is 4.98. The van der Waals surface area contributed by atoms with Crippen LogP contribution in [0.5, 0.6) is 0 Å². The zero-order valence-corrected chi connectivity index (χ0v) is 17.8. The van der Waals surface area contributed by atoms with E-state index in [0.29, 0.717) is 0 Å². The molecule has 1 fully saturated rings. The first-order valence-corrected chi connectivity index (χ1v) is 11.5. The summed E-state index contributed by atoms with van der Waals surface area (Å²) >= 11 is 0. The maximum absolute atomic E-state index is 13.4. The van der Waals surface area contributed by atoms with Gasteiger partial charge >= 0.3 is 0 Å². The summed E-state index contributed by atoms with van der Waals surface area (Å²) in [6.07, 6.45) is 5.88. The summed E-state index contributed by atoms with van der Waals surface area (Å²) in [5.41, 5.74) is 3.01. The molecular formula is C21H24N4O5S. The van der Waals surface area contributed by atoms with Crippen LogP contribution in [0.3, 0.4) is 0 Å². The van der Waals surface area contributed by atoms with Crippen LogP contribution in [0.2, 0.25) is 0 Å². The Morgan fingerprint density at radius 1 is 1.00 bits per heavy atom. The number of sulfonamides is 1. The van der Waals surface area contributed by atoms with Gasteiger partial charge in [-0.1, -0.05) is 43.2 Å². The number of nitro groups is 1. The molecule has 10 heteroatoms. The number of carbonyl (C=O) groups is 1. The van der Waals surface area contributed by atoms with E-state index in [1.807, 2.05) is 0 Å². The standard InChI is InChI=1S/C21H24N4O5S/c26-21(23-22-17-10-4-1-2-5-11-17)16-24(18-12-6-3-7-13-18)31(29,30)20-15-9-8-14-19(20)25(27)28/h3,6-9,12-15H,1-2,4-5,10-11,16H2,(H,23,26). The molecule has 0 spiro atoms. The van der Waals surface area contributed by atoms with Gasteiger partial charge in [-0.3, -0.25) is 19.2 Å². The third kappa shape index (κ3) is 5.66. The Balaban J connectivity index is 1.90. The molecule has 1 amide bonds. The Bertz CT molecular complexity index is 1060. The lowest BCUT2D eigenvalue weighted by Crippen LogP contribution is -2.40. The van der Waals surface area contributed by atoms with Gasteiger partial charge in [0, 0.05) is 11.8 Å². The first-order valence-electron chi connectivity index (χ1n) is 10.0. The number of anilines is 1. The number of nitro benzene ring substituents is 1. The Labute approximate surface area is 181 Å². The van der Waals surface area contributed by atoms with Gasteiger partial charge in [-0.15, -0.1) is 0 Å². The van der Waals surface area contributed by atoms with E-state index < -0.39 is 38.0 Å². The Kier molecular flexibility index (Phi) is 7.35. The van der Waals surface area contributed by atoms with Crippen LogP contribution < -0.4 is 9.73 Å². The van der Waals surface area contributed by atoms with Crippen LogP contribution >= 0.6 is 0 Å². The minimum absolute atomic E-state index is 0.220. The van der Waals surface area contributed by atoms with E-state index in [1.165, 1.54) is 24.3 Å². The van der Waals surface area contributed by atoms with Crippen LogP contribution in [-0.4, -0.2) is 31.5 Å². The molecule has 1 N–H and O–H groups in total. The van der Waals surface area contributed by atoms with E-state index in [4.69, 9.17) is 0 Å². The molecule has 164 valence electrons. The number of hydrogen-bond acceptors (Lipinski definition) is 6. The second-order valence-electron chi connectivity index (χ2n) is 7.20. The predicted molar refractivity (Wildman–Crippen MR) is 117 cm³/mol. The number of rotatable bonds is 7. The van der Waals surface area contributed by atoms with Crippen LogP contribution in [-0.2, 0) is 14.8 Å². The number of amides is 1. The minimum Gasteiger partial charge on any atom is -0.271 e. The van der Waals surface area contributed by atoms with Gasteiger partial charge in [0.2, 0.25) is 0 Å². The quantitative estimate of drug-likeness (QED) is 0.397. The topological polar surface area (TPSA) is 122 Å². The SMILES string of the molecule is O=C(CN(c1ccccc1)S(=O)(=O)c1ccccc1[N+](=O)[O-])NN=C1CCCCCC1. The van der Waals surface area contributed by atoms with E-state index in [2.05, 4.69) is 10.5 Å². The molecule has 1 aliphatic rings. The highest BCUT2D eigenvalue weighted by Gasteiger charge is 2.33. The molecule has 0 heterocycles. The molecule has 3 rings (SSSR count). The number of nitrogens with zero attached hydrogens (tertiary/aromatic N) is 3. The van der Waals surface area contributed by atoms with Crippen LogP contribution in [0, 0.1) is 10.1 Å². The average molecular weight is 445 g/mol. The normalized spacial score (nSPS) is 14.4. The fourth-order valence-corrected chi connectivity index (χ4v) is 4.99. The zero-order valence-electron chi connectivity index (χ0n) is 16.9. The summed E-state index contributed by atoms with van der Waals surface area (Å²) < 4.78 is 27.6. The van der Waals surface area contributed by atoms with Crippen molar-refractivity contribution in [3.8, 4) is 0 Å². The number of hydrazone groups is 1. The van der Waals surface area contributed by atoms with E-state index in [-0.39, 0.29) is 5.69 Å². The Morgan fingerprint density at radius 2 is 1.61 bits per heavy atom. The number of hydrogen-bond donors (Lipinski definition) is 1. The molecule has 1 aliphatic carbocycles. The van der Waals surface area contributed by atoms with E-state index in [0.717, 1.165) is 60.7 Å². The molecule has 31 heavy (non-hydrogen) atoms. The van der Waals surface area contributed by atoms with Gasteiger partial charge in [0.25, 0.3) is 21.6 Å². The number of para-hydroxylation sites is 2. The molecule has 0 saturated heterocycles. The van der Waals surface area contributed by atoms with Crippen molar-refractivity contribution >= 4 is 33.0 Å². The fourth-order valence-electron chi connectivity index (χ4n) is 3.41. The lowest BCUT2D eigenvalue weighted by Gasteiger charge is -2.23. The highest BCUT2D eigenvalue weighted by atomic mass is 32.2. The van der Waals surface area contributed by atoms with Gasteiger partial charge in [-0.25, -0.2) is 13.8 Å². The van der Waals surface area contributed by atoms with Crippen molar-refractivity contribution in [2.45, 2.75) is 43.4 Å². The maximum Gasteiger partial charge on any atom is 0.289 e. The molecule has 2 aromatic carbocycles. The van der Waals surface area contributed by atoms with Gasteiger partial charge in [0.1, 0.15) is 6.54 Å². The highest BCUT2D eigenvalue weighted by molar-refractivity contribution is 7.93. The van der Waals surface area contributed by atoms with Gasteiger partial charge in [0.05, 0.1) is 10.6 Å². The fraction of sp³-hybridized carbons (Fsp3) is 0.333. The summed E-state index contributed by atoms with van der Waals surface area (Å²) in [6.45, 7) is -0.560. The first kappa shape index (κ1) is 22.4. The van der Waals surface area contributed by atoms with Crippen LogP contribution in [0.4, 0.5) is 11.4 Å². The van der Waals surface area contributed by atoms with Gasteiger partial charge in [-0.2, -0.15) is 5.10 Å². The predicted octanol–water partition coefficient (Wildman–Crippen LogP) is 3.62. The molecule has 2 aromatic rings. The summed E-state index contributed by atoms with van der Waals surface area (Å²) in [4.78, 5) is 22.7. The smallest absolute Gasteiger partial charge is 0.271 e. The van der Waals surface area contributed by atoms with Crippen LogP contribution in [0.15, 0.2) is 64.6 Å². The molecule has 9 nitrogen and oxygen atoms in total. The largest absolute Gasteiger partial charge is 0.289 e.